The van der Waals surface area contributed by atoms with E-state index < -0.39 is 59.2 Å². The molecule has 228 valence electrons. The Morgan fingerprint density at radius 3 is 2.36 bits per heavy atom. The molecular formula is C32H40O10. The van der Waals surface area contributed by atoms with Gasteiger partial charge < -0.3 is 39.7 Å². The van der Waals surface area contributed by atoms with Gasteiger partial charge >= 0.3 is 0 Å². The van der Waals surface area contributed by atoms with Crippen molar-refractivity contribution in [3.63, 3.8) is 0 Å². The molecule has 10 nitrogen and oxygen atoms in total. The number of hydrogen-bond acceptors (Lipinski definition) is 10. The second kappa shape index (κ2) is 11.6. The maximum absolute atomic E-state index is 13.8. The lowest BCUT2D eigenvalue weighted by Crippen LogP contribution is -2.50. The molecule has 6 unspecified atom stereocenters. The van der Waals surface area contributed by atoms with Gasteiger partial charge in [-0.2, -0.15) is 0 Å². The van der Waals surface area contributed by atoms with E-state index in [9.17, 15) is 35.1 Å². The number of aliphatic hydroxyl groups excluding tert-OH is 2. The Kier molecular flexibility index (Phi) is 8.39. The van der Waals surface area contributed by atoms with Gasteiger partial charge in [-0.15, -0.1) is 0 Å². The van der Waals surface area contributed by atoms with Gasteiger partial charge in [-0.05, 0) is 25.3 Å². The Bertz CT molecular complexity index is 1380. The molecule has 0 bridgehead atoms. The van der Waals surface area contributed by atoms with Gasteiger partial charge in [0.15, 0.2) is 12.1 Å². The predicted molar refractivity (Wildman–Crippen MR) is 151 cm³/mol. The molecule has 1 fully saturated rings. The second-order valence-corrected chi connectivity index (χ2v) is 11.8. The van der Waals surface area contributed by atoms with Crippen LogP contribution in [0.5, 0.6) is 17.2 Å². The molecule has 0 saturated carbocycles. The minimum atomic E-state index is -1.58. The summed E-state index contributed by atoms with van der Waals surface area (Å²) in [6, 6.07) is 4.57. The molecule has 6 atom stereocenters. The zero-order chi connectivity index (χ0) is 30.5. The van der Waals surface area contributed by atoms with Gasteiger partial charge in [0, 0.05) is 48.5 Å². The Morgan fingerprint density at radius 2 is 1.74 bits per heavy atom. The van der Waals surface area contributed by atoms with E-state index in [1.54, 1.807) is 19.1 Å². The van der Waals surface area contributed by atoms with Crippen LogP contribution in [-0.2, 0) is 15.9 Å². The standard InChI is InChI=1S/C32H40O10/c1-5-16(6-2)19(14-33)32(39)12-18-25(22(13-32)42-23-11-10-20(34)15(3)41-23)31(38)27-26(29(18)36)28(35)17-8-7-9-21(40-4)24(17)30(27)37/h7-9,15-16,19-20,22-23,33-34,36,38-39H,5-6,10-14H2,1-4H3. The Hall–Kier alpha value is -3.02. The van der Waals surface area contributed by atoms with E-state index >= 15 is 0 Å². The summed E-state index contributed by atoms with van der Waals surface area (Å²) in [4.78, 5) is 27.6. The minimum Gasteiger partial charge on any atom is -0.507 e. The molecule has 0 aromatic heterocycles. The van der Waals surface area contributed by atoms with E-state index in [0.29, 0.717) is 25.7 Å². The first-order chi connectivity index (χ1) is 20.0. The van der Waals surface area contributed by atoms with Crippen molar-refractivity contribution in [2.24, 2.45) is 11.8 Å². The molecule has 0 amide bonds. The third-order valence-electron chi connectivity index (χ3n) is 9.53. The Balaban J connectivity index is 1.69. The van der Waals surface area contributed by atoms with Crippen LogP contribution in [0.1, 0.15) is 102 Å². The number of benzene rings is 2. The first-order valence-corrected chi connectivity index (χ1v) is 14.7. The summed E-state index contributed by atoms with van der Waals surface area (Å²) in [5.74, 6) is -2.84. The summed E-state index contributed by atoms with van der Waals surface area (Å²) < 4.78 is 17.6. The Labute approximate surface area is 244 Å². The van der Waals surface area contributed by atoms with E-state index in [4.69, 9.17) is 14.2 Å². The summed E-state index contributed by atoms with van der Waals surface area (Å²) in [6.07, 6.45) is -1.17. The second-order valence-electron chi connectivity index (χ2n) is 11.8. The molecule has 1 aliphatic heterocycles. The van der Waals surface area contributed by atoms with Crippen LogP contribution in [0.3, 0.4) is 0 Å². The van der Waals surface area contributed by atoms with E-state index in [-0.39, 0.29) is 64.5 Å². The number of aromatic hydroxyl groups is 2. The van der Waals surface area contributed by atoms with Crippen molar-refractivity contribution < 1.29 is 49.3 Å². The number of aliphatic hydroxyl groups is 3. The highest BCUT2D eigenvalue weighted by Gasteiger charge is 2.51. The normalized spacial score (nSPS) is 27.8. The fourth-order valence-electron chi connectivity index (χ4n) is 7.18. The molecule has 3 aliphatic rings. The van der Waals surface area contributed by atoms with Crippen LogP contribution in [0, 0.1) is 11.8 Å². The molecule has 1 heterocycles. The van der Waals surface area contributed by atoms with Crippen LogP contribution in [0.4, 0.5) is 0 Å². The highest BCUT2D eigenvalue weighted by molar-refractivity contribution is 6.31. The number of methoxy groups -OCH3 is 1. The van der Waals surface area contributed by atoms with E-state index in [2.05, 4.69) is 0 Å². The fraction of sp³-hybridized carbons (Fsp3) is 0.562. The highest BCUT2D eigenvalue weighted by atomic mass is 16.7. The van der Waals surface area contributed by atoms with Crippen molar-refractivity contribution in [2.45, 2.75) is 89.5 Å². The SMILES string of the molecule is CCC(CC)C(CO)C1(O)Cc2c(O)c3c(c(O)c2C(OC2CCC(O)C(C)O2)C1)C(=O)c1c(OC)cccc1C3=O. The summed E-state index contributed by atoms with van der Waals surface area (Å²) >= 11 is 0. The van der Waals surface area contributed by atoms with Gasteiger partial charge in [0.05, 0.1) is 47.7 Å². The average molecular weight is 585 g/mol. The van der Waals surface area contributed by atoms with Crippen molar-refractivity contribution in [3.8, 4) is 17.2 Å². The number of hydrogen-bond donors (Lipinski definition) is 5. The maximum Gasteiger partial charge on any atom is 0.202 e. The van der Waals surface area contributed by atoms with Crippen molar-refractivity contribution in [2.75, 3.05) is 13.7 Å². The maximum atomic E-state index is 13.8. The van der Waals surface area contributed by atoms with E-state index in [1.807, 2.05) is 13.8 Å². The van der Waals surface area contributed by atoms with Crippen LogP contribution >= 0.6 is 0 Å². The zero-order valence-corrected chi connectivity index (χ0v) is 24.4. The number of phenolic OH excluding ortho intramolecular Hbond substituents is 2. The monoisotopic (exact) mass is 584 g/mol. The number of rotatable bonds is 8. The smallest absolute Gasteiger partial charge is 0.202 e. The topological polar surface area (TPSA) is 163 Å². The Morgan fingerprint density at radius 1 is 1.05 bits per heavy atom. The van der Waals surface area contributed by atoms with E-state index in [1.165, 1.54) is 13.2 Å². The number of fused-ring (bicyclic) bond motifs is 3. The van der Waals surface area contributed by atoms with Crippen LogP contribution < -0.4 is 4.74 Å². The van der Waals surface area contributed by atoms with Gasteiger partial charge in [-0.1, -0.05) is 38.8 Å². The lowest BCUT2D eigenvalue weighted by molar-refractivity contribution is -0.246. The fourth-order valence-corrected chi connectivity index (χ4v) is 7.18. The molecule has 2 aliphatic carbocycles. The van der Waals surface area contributed by atoms with E-state index in [0.717, 1.165) is 0 Å². The van der Waals surface area contributed by atoms with Gasteiger partial charge in [0.2, 0.25) is 5.78 Å². The van der Waals surface area contributed by atoms with Crippen LogP contribution in [0.2, 0.25) is 0 Å². The first kappa shape index (κ1) is 30.4. The largest absolute Gasteiger partial charge is 0.507 e. The van der Waals surface area contributed by atoms with Crippen molar-refractivity contribution >= 4 is 11.6 Å². The molecule has 2 aromatic rings. The van der Waals surface area contributed by atoms with Crippen molar-refractivity contribution in [1.82, 2.24) is 0 Å². The quantitative estimate of drug-likeness (QED) is 0.248. The number of ketones is 2. The molecule has 2 aromatic carbocycles. The molecule has 1 saturated heterocycles. The number of carbonyl (C=O) groups is 2. The average Bonchev–Trinajstić information content (AvgIpc) is 2.97. The lowest BCUT2D eigenvalue weighted by Gasteiger charge is -2.46. The molecule has 0 spiro atoms. The summed E-state index contributed by atoms with van der Waals surface area (Å²) in [7, 11) is 1.37. The molecule has 0 radical (unpaired) electrons. The van der Waals surface area contributed by atoms with Crippen LogP contribution in [0.25, 0.3) is 0 Å². The van der Waals surface area contributed by atoms with Gasteiger partial charge in [0.1, 0.15) is 17.2 Å². The minimum absolute atomic E-state index is 0.00978. The molecule has 5 N–H and O–H groups in total. The predicted octanol–water partition coefficient (Wildman–Crippen LogP) is 3.55. The number of ether oxygens (including phenoxy) is 3. The zero-order valence-electron chi connectivity index (χ0n) is 24.4. The van der Waals surface area contributed by atoms with Gasteiger partial charge in [-0.3, -0.25) is 9.59 Å². The van der Waals surface area contributed by atoms with Crippen molar-refractivity contribution in [1.29, 1.82) is 0 Å². The molecule has 42 heavy (non-hydrogen) atoms. The van der Waals surface area contributed by atoms with Gasteiger partial charge in [0.25, 0.3) is 0 Å². The molecular weight excluding hydrogens is 544 g/mol. The third-order valence-corrected chi connectivity index (χ3v) is 9.53. The number of carbonyl (C=O) groups excluding carboxylic acids is 2. The molecule has 5 rings (SSSR count). The van der Waals surface area contributed by atoms with Gasteiger partial charge in [-0.25, -0.2) is 0 Å². The highest BCUT2D eigenvalue weighted by Crippen LogP contribution is 2.54. The summed E-state index contributed by atoms with van der Waals surface area (Å²) in [5, 5.41) is 56.2. The van der Waals surface area contributed by atoms with Crippen LogP contribution in [-0.4, -0.2) is 74.9 Å². The molecule has 10 heteroatoms. The third kappa shape index (κ3) is 4.79. The lowest BCUT2D eigenvalue weighted by atomic mass is 9.65. The first-order valence-electron chi connectivity index (χ1n) is 14.7. The summed E-state index contributed by atoms with van der Waals surface area (Å²) in [6.45, 7) is 5.34. The number of phenols is 2. The van der Waals surface area contributed by atoms with Crippen molar-refractivity contribution in [3.05, 3.63) is 51.6 Å². The van der Waals surface area contributed by atoms with Crippen LogP contribution in [0.15, 0.2) is 18.2 Å². The summed E-state index contributed by atoms with van der Waals surface area (Å²) in [5.41, 5.74) is -2.06.